The Morgan fingerprint density at radius 3 is 2.56 bits per heavy atom. The molecule has 0 saturated carbocycles. The van der Waals surface area contributed by atoms with Crippen molar-refractivity contribution in [3.63, 3.8) is 0 Å². The summed E-state index contributed by atoms with van der Waals surface area (Å²) in [5.74, 6) is -1.28. The Morgan fingerprint density at radius 1 is 1.19 bits per heavy atom. The van der Waals surface area contributed by atoms with Crippen molar-refractivity contribution in [2.24, 2.45) is 0 Å². The zero-order valence-corrected chi connectivity index (χ0v) is 14.5. The standard InChI is InChI=1S/C16H13ClF3N5O2/c1-9(24-25-15(27)13-8-21-4-5-22-13)6-14(26)23-10-2-3-12(17)11(7-10)16(18,19)20/h2-8,24H,1H3,(H,23,26)(H,25,27)/b9-6-. The van der Waals surface area contributed by atoms with E-state index in [4.69, 9.17) is 11.6 Å². The summed E-state index contributed by atoms with van der Waals surface area (Å²) in [5.41, 5.74) is 3.92. The van der Waals surface area contributed by atoms with E-state index in [0.717, 1.165) is 18.2 Å². The molecule has 142 valence electrons. The van der Waals surface area contributed by atoms with Crippen LogP contribution in [0.4, 0.5) is 18.9 Å². The van der Waals surface area contributed by atoms with Crippen LogP contribution in [0.5, 0.6) is 0 Å². The third-order valence-corrected chi connectivity index (χ3v) is 3.39. The number of carbonyl (C=O) groups is 2. The number of carbonyl (C=O) groups excluding carboxylic acids is 2. The fraction of sp³-hybridized carbons (Fsp3) is 0.125. The van der Waals surface area contributed by atoms with Gasteiger partial charge in [-0.15, -0.1) is 0 Å². The quantitative estimate of drug-likeness (QED) is 0.530. The third kappa shape index (κ3) is 5.96. The first-order valence-corrected chi connectivity index (χ1v) is 7.73. The van der Waals surface area contributed by atoms with Crippen molar-refractivity contribution < 1.29 is 22.8 Å². The summed E-state index contributed by atoms with van der Waals surface area (Å²) in [6.45, 7) is 1.47. The number of hydrogen-bond acceptors (Lipinski definition) is 5. The van der Waals surface area contributed by atoms with Crippen LogP contribution in [0.25, 0.3) is 0 Å². The first kappa shape index (κ1) is 20.2. The van der Waals surface area contributed by atoms with E-state index in [1.807, 2.05) is 0 Å². The summed E-state index contributed by atoms with van der Waals surface area (Å²) in [6, 6.07) is 3.00. The minimum absolute atomic E-state index is 0.0584. The first-order valence-electron chi connectivity index (χ1n) is 7.35. The van der Waals surface area contributed by atoms with Gasteiger partial charge in [0.1, 0.15) is 5.69 Å². The summed E-state index contributed by atoms with van der Waals surface area (Å²) in [5, 5.41) is 1.81. The fourth-order valence-corrected chi connectivity index (χ4v) is 2.09. The van der Waals surface area contributed by atoms with Crippen molar-refractivity contribution in [1.82, 2.24) is 20.8 Å². The highest BCUT2D eigenvalue weighted by atomic mass is 35.5. The summed E-state index contributed by atoms with van der Waals surface area (Å²) >= 11 is 5.52. The van der Waals surface area contributed by atoms with Crippen LogP contribution in [-0.4, -0.2) is 21.8 Å². The SMILES string of the molecule is C/C(=C/C(=O)Nc1ccc(Cl)c(C(F)(F)F)c1)NNC(=O)c1cnccn1. The van der Waals surface area contributed by atoms with Crippen molar-refractivity contribution in [2.45, 2.75) is 13.1 Å². The topological polar surface area (TPSA) is 96.0 Å². The van der Waals surface area contributed by atoms with Gasteiger partial charge in [-0.2, -0.15) is 13.2 Å². The molecule has 2 aromatic rings. The molecular formula is C16H13ClF3N5O2. The minimum Gasteiger partial charge on any atom is -0.322 e. The lowest BCUT2D eigenvalue weighted by Gasteiger charge is -2.11. The number of hydrazine groups is 1. The Kier molecular flexibility index (Phi) is 6.35. The number of alkyl halides is 3. The first-order chi connectivity index (χ1) is 12.7. The average Bonchev–Trinajstić information content (AvgIpc) is 2.61. The molecular weight excluding hydrogens is 387 g/mol. The molecule has 0 aliphatic rings. The van der Waals surface area contributed by atoms with E-state index in [1.165, 1.54) is 31.6 Å². The maximum absolute atomic E-state index is 12.8. The van der Waals surface area contributed by atoms with Gasteiger partial charge in [-0.1, -0.05) is 11.6 Å². The molecule has 0 unspecified atom stereocenters. The summed E-state index contributed by atoms with van der Waals surface area (Å²) in [6.07, 6.45) is 0.406. The molecule has 1 aromatic carbocycles. The molecule has 0 aliphatic carbocycles. The zero-order valence-electron chi connectivity index (χ0n) is 13.8. The van der Waals surface area contributed by atoms with Crippen molar-refractivity contribution in [1.29, 1.82) is 0 Å². The van der Waals surface area contributed by atoms with Crippen LogP contribution in [-0.2, 0) is 11.0 Å². The van der Waals surface area contributed by atoms with Gasteiger partial charge in [0.2, 0.25) is 5.91 Å². The van der Waals surface area contributed by atoms with E-state index >= 15 is 0 Å². The van der Waals surface area contributed by atoms with E-state index < -0.39 is 28.6 Å². The molecule has 0 fully saturated rings. The molecule has 27 heavy (non-hydrogen) atoms. The highest BCUT2D eigenvalue weighted by Gasteiger charge is 2.33. The van der Waals surface area contributed by atoms with Crippen molar-refractivity contribution in [3.8, 4) is 0 Å². The van der Waals surface area contributed by atoms with Gasteiger partial charge in [0.05, 0.1) is 16.8 Å². The second-order valence-electron chi connectivity index (χ2n) is 5.18. The van der Waals surface area contributed by atoms with Crippen LogP contribution in [0.2, 0.25) is 5.02 Å². The van der Waals surface area contributed by atoms with Gasteiger partial charge in [-0.05, 0) is 25.1 Å². The number of hydrogen-bond donors (Lipinski definition) is 3. The van der Waals surface area contributed by atoms with Crippen LogP contribution in [0, 0.1) is 0 Å². The predicted molar refractivity (Wildman–Crippen MR) is 91.5 cm³/mol. The molecule has 1 heterocycles. The van der Waals surface area contributed by atoms with Crippen molar-refractivity contribution >= 4 is 29.1 Å². The van der Waals surface area contributed by atoms with Crippen LogP contribution < -0.4 is 16.2 Å². The number of aromatic nitrogens is 2. The number of allylic oxidation sites excluding steroid dienone is 1. The molecule has 3 N–H and O–H groups in total. The number of rotatable bonds is 5. The van der Waals surface area contributed by atoms with Gasteiger partial charge in [-0.25, -0.2) is 4.98 Å². The number of nitrogens with zero attached hydrogens (tertiary/aromatic N) is 2. The highest BCUT2D eigenvalue weighted by molar-refractivity contribution is 6.31. The Labute approximate surface area is 156 Å². The zero-order chi connectivity index (χ0) is 20.0. The second kappa shape index (κ2) is 8.49. The van der Waals surface area contributed by atoms with E-state index in [2.05, 4.69) is 26.1 Å². The Balaban J connectivity index is 1.97. The van der Waals surface area contributed by atoms with Gasteiger partial charge in [-0.3, -0.25) is 20.0 Å². The molecule has 0 spiro atoms. The largest absolute Gasteiger partial charge is 0.417 e. The van der Waals surface area contributed by atoms with Crippen LogP contribution >= 0.6 is 11.6 Å². The van der Waals surface area contributed by atoms with Crippen LogP contribution in [0.15, 0.2) is 48.6 Å². The molecule has 0 aliphatic heterocycles. The smallest absolute Gasteiger partial charge is 0.322 e. The highest BCUT2D eigenvalue weighted by Crippen LogP contribution is 2.36. The van der Waals surface area contributed by atoms with Crippen LogP contribution in [0.3, 0.4) is 0 Å². The molecule has 2 rings (SSSR count). The lowest BCUT2D eigenvalue weighted by molar-refractivity contribution is -0.137. The van der Waals surface area contributed by atoms with E-state index in [9.17, 15) is 22.8 Å². The fourth-order valence-electron chi connectivity index (χ4n) is 1.87. The van der Waals surface area contributed by atoms with E-state index in [0.29, 0.717) is 0 Å². The minimum atomic E-state index is -4.64. The van der Waals surface area contributed by atoms with E-state index in [1.54, 1.807) is 0 Å². The van der Waals surface area contributed by atoms with Gasteiger partial charge in [0.15, 0.2) is 0 Å². The molecule has 0 radical (unpaired) electrons. The van der Waals surface area contributed by atoms with Gasteiger partial charge < -0.3 is 10.7 Å². The summed E-state index contributed by atoms with van der Waals surface area (Å²) in [4.78, 5) is 31.2. The second-order valence-corrected chi connectivity index (χ2v) is 5.59. The maximum atomic E-state index is 12.8. The molecule has 0 saturated heterocycles. The van der Waals surface area contributed by atoms with Gasteiger partial charge >= 0.3 is 6.18 Å². The Hall–Kier alpha value is -3.14. The lowest BCUT2D eigenvalue weighted by Crippen LogP contribution is -2.37. The Morgan fingerprint density at radius 2 is 1.93 bits per heavy atom. The van der Waals surface area contributed by atoms with Crippen molar-refractivity contribution in [3.05, 3.63) is 64.8 Å². The van der Waals surface area contributed by atoms with Crippen molar-refractivity contribution in [2.75, 3.05) is 5.32 Å². The number of benzene rings is 1. The summed E-state index contributed by atoms with van der Waals surface area (Å²) in [7, 11) is 0. The molecule has 0 bridgehead atoms. The van der Waals surface area contributed by atoms with Gasteiger partial charge in [0, 0.05) is 29.9 Å². The number of anilines is 1. The normalized spacial score (nSPS) is 11.7. The molecule has 2 amide bonds. The molecule has 1 aromatic heterocycles. The van der Waals surface area contributed by atoms with E-state index in [-0.39, 0.29) is 17.1 Å². The third-order valence-electron chi connectivity index (χ3n) is 3.06. The molecule has 11 heteroatoms. The number of nitrogens with one attached hydrogen (secondary N) is 3. The monoisotopic (exact) mass is 399 g/mol. The Bertz CT molecular complexity index is 872. The molecule has 0 atom stereocenters. The predicted octanol–water partition coefficient (Wildman–Crippen LogP) is 2.93. The number of amides is 2. The van der Waals surface area contributed by atoms with Gasteiger partial charge in [0.25, 0.3) is 5.91 Å². The van der Waals surface area contributed by atoms with Crippen LogP contribution in [0.1, 0.15) is 23.0 Å². The number of halogens is 4. The lowest BCUT2D eigenvalue weighted by atomic mass is 10.2. The maximum Gasteiger partial charge on any atom is 0.417 e. The average molecular weight is 400 g/mol. The summed E-state index contributed by atoms with van der Waals surface area (Å²) < 4.78 is 38.5. The molecule has 7 nitrogen and oxygen atoms in total.